The van der Waals surface area contributed by atoms with Gasteiger partial charge in [-0.2, -0.15) is 0 Å². The number of para-hydroxylation sites is 1. The number of carbonyl (C=O) groups excluding carboxylic acids is 1. The summed E-state index contributed by atoms with van der Waals surface area (Å²) in [6.45, 7) is 1.84. The summed E-state index contributed by atoms with van der Waals surface area (Å²) < 4.78 is 0. The quantitative estimate of drug-likeness (QED) is 0.700. The van der Waals surface area contributed by atoms with Gasteiger partial charge in [-0.05, 0) is 31.5 Å². The van der Waals surface area contributed by atoms with Gasteiger partial charge in [-0.25, -0.2) is 9.97 Å². The minimum Gasteiger partial charge on any atom is -0.347 e. The van der Waals surface area contributed by atoms with Crippen LogP contribution in [0.15, 0.2) is 48.1 Å². The van der Waals surface area contributed by atoms with Crippen LogP contribution in [0.25, 0.3) is 0 Å². The maximum absolute atomic E-state index is 12.2. The second-order valence-electron chi connectivity index (χ2n) is 6.43. The summed E-state index contributed by atoms with van der Waals surface area (Å²) in [5, 5.41) is 5.81. The number of nitrogens with zero attached hydrogens (tertiary/aromatic N) is 3. The first kappa shape index (κ1) is 16.9. The third-order valence-electron chi connectivity index (χ3n) is 4.53. The van der Waals surface area contributed by atoms with Crippen LogP contribution in [0.1, 0.15) is 35.4 Å². The maximum Gasteiger partial charge on any atom is 0.231 e. The normalized spacial score (nSPS) is 17.5. The van der Waals surface area contributed by atoms with Crippen molar-refractivity contribution >= 4 is 22.9 Å². The molecule has 0 radical (unpaired) electrons. The summed E-state index contributed by atoms with van der Waals surface area (Å²) in [6.07, 6.45) is 6.27. The average Bonchev–Trinajstić information content (AvgIpc) is 3.38. The number of anilines is 1. The van der Waals surface area contributed by atoms with Crippen LogP contribution in [0.3, 0.4) is 0 Å². The van der Waals surface area contributed by atoms with Crippen molar-refractivity contribution in [3.05, 3.63) is 64.6 Å². The first-order valence-corrected chi connectivity index (χ1v) is 9.67. The molecular weight excluding hydrogens is 346 g/mol. The van der Waals surface area contributed by atoms with Crippen molar-refractivity contribution in [2.45, 2.75) is 31.8 Å². The van der Waals surface area contributed by atoms with Crippen molar-refractivity contribution in [3.8, 4) is 0 Å². The fraction of sp³-hybridized carbons (Fsp3) is 0.316. The number of rotatable bonds is 6. The molecule has 0 bridgehead atoms. The van der Waals surface area contributed by atoms with E-state index in [1.807, 2.05) is 36.5 Å². The van der Waals surface area contributed by atoms with E-state index in [4.69, 9.17) is 0 Å². The Hall–Kier alpha value is -2.51. The number of imidazole rings is 1. The fourth-order valence-electron chi connectivity index (χ4n) is 3.36. The number of amides is 1. The van der Waals surface area contributed by atoms with E-state index in [0.717, 1.165) is 41.7 Å². The van der Waals surface area contributed by atoms with Gasteiger partial charge in [-0.1, -0.05) is 18.2 Å². The molecule has 1 amide bonds. The Balaban J connectivity index is 1.35. The van der Waals surface area contributed by atoms with Crippen molar-refractivity contribution in [1.29, 1.82) is 0 Å². The maximum atomic E-state index is 12.2. The zero-order valence-electron chi connectivity index (χ0n) is 14.4. The lowest BCUT2D eigenvalue weighted by Crippen LogP contribution is -2.23. The summed E-state index contributed by atoms with van der Waals surface area (Å²) >= 11 is 1.55. The third kappa shape index (κ3) is 4.00. The van der Waals surface area contributed by atoms with E-state index in [2.05, 4.69) is 30.5 Å². The van der Waals surface area contributed by atoms with Crippen LogP contribution in [0.4, 0.5) is 5.69 Å². The van der Waals surface area contributed by atoms with Crippen molar-refractivity contribution in [3.63, 3.8) is 0 Å². The lowest BCUT2D eigenvalue weighted by molar-refractivity contribution is -0.115. The molecule has 0 unspecified atom stereocenters. The van der Waals surface area contributed by atoms with E-state index in [0.29, 0.717) is 12.5 Å². The number of benzene rings is 1. The highest BCUT2D eigenvalue weighted by atomic mass is 32.1. The Kier molecular flexibility index (Phi) is 5.08. The Morgan fingerprint density at radius 2 is 2.23 bits per heavy atom. The predicted molar refractivity (Wildman–Crippen MR) is 102 cm³/mol. The molecule has 1 atom stereocenters. The molecule has 3 heterocycles. The van der Waals surface area contributed by atoms with Gasteiger partial charge < -0.3 is 10.3 Å². The number of H-pyrrole nitrogens is 1. The number of hydrogen-bond acceptors (Lipinski definition) is 5. The molecule has 4 rings (SSSR count). The van der Waals surface area contributed by atoms with E-state index in [1.54, 1.807) is 17.5 Å². The molecule has 26 heavy (non-hydrogen) atoms. The summed E-state index contributed by atoms with van der Waals surface area (Å²) in [7, 11) is 0. The molecular formula is C19H21N5OS. The molecule has 2 N–H and O–H groups in total. The van der Waals surface area contributed by atoms with Crippen LogP contribution in [0.5, 0.6) is 0 Å². The Morgan fingerprint density at radius 3 is 3.04 bits per heavy atom. The largest absolute Gasteiger partial charge is 0.347 e. The summed E-state index contributed by atoms with van der Waals surface area (Å²) in [4.78, 5) is 26.9. The minimum atomic E-state index is -0.0354. The molecule has 0 saturated carbocycles. The van der Waals surface area contributed by atoms with E-state index in [9.17, 15) is 4.79 Å². The number of nitrogens with one attached hydrogen (secondary N) is 2. The first-order chi connectivity index (χ1) is 12.8. The van der Waals surface area contributed by atoms with Crippen molar-refractivity contribution in [2.24, 2.45) is 0 Å². The van der Waals surface area contributed by atoms with E-state index >= 15 is 0 Å². The molecule has 1 aromatic carbocycles. The van der Waals surface area contributed by atoms with Gasteiger partial charge in [0.2, 0.25) is 5.91 Å². The average molecular weight is 367 g/mol. The van der Waals surface area contributed by atoms with Gasteiger partial charge in [0.1, 0.15) is 10.8 Å². The Labute approximate surface area is 156 Å². The minimum absolute atomic E-state index is 0.0354. The van der Waals surface area contributed by atoms with E-state index in [-0.39, 0.29) is 5.91 Å². The molecule has 1 saturated heterocycles. The third-order valence-corrected chi connectivity index (χ3v) is 5.43. The molecule has 3 aromatic rings. The predicted octanol–water partition coefficient (Wildman–Crippen LogP) is 3.38. The molecule has 1 aliphatic heterocycles. The molecule has 134 valence electrons. The van der Waals surface area contributed by atoms with Crippen LogP contribution < -0.4 is 5.32 Å². The highest BCUT2D eigenvalue weighted by Crippen LogP contribution is 2.31. The zero-order chi connectivity index (χ0) is 17.8. The van der Waals surface area contributed by atoms with Crippen LogP contribution in [0.2, 0.25) is 0 Å². The van der Waals surface area contributed by atoms with Gasteiger partial charge >= 0.3 is 0 Å². The molecule has 7 heteroatoms. The standard InChI is InChI=1S/C19H21N5OS/c25-17(22-14-5-2-1-3-6-14)11-18-23-15(13-26-18)12-24-10-4-7-16(24)19-20-8-9-21-19/h1-3,5-6,8-9,13,16H,4,7,10-12H2,(H,20,21)(H,22,25)/t16-/m1/s1. The lowest BCUT2D eigenvalue weighted by atomic mass is 10.2. The Morgan fingerprint density at radius 1 is 1.35 bits per heavy atom. The van der Waals surface area contributed by atoms with Gasteiger partial charge in [-0.15, -0.1) is 11.3 Å². The van der Waals surface area contributed by atoms with E-state index in [1.165, 1.54) is 6.42 Å². The smallest absolute Gasteiger partial charge is 0.231 e. The van der Waals surface area contributed by atoms with Crippen molar-refractivity contribution < 1.29 is 4.79 Å². The highest BCUT2D eigenvalue weighted by Gasteiger charge is 2.28. The van der Waals surface area contributed by atoms with Crippen LogP contribution >= 0.6 is 11.3 Å². The summed E-state index contributed by atoms with van der Waals surface area (Å²) in [5.41, 5.74) is 1.84. The summed E-state index contributed by atoms with van der Waals surface area (Å²) in [6, 6.07) is 9.83. The van der Waals surface area contributed by atoms with Gasteiger partial charge in [-0.3, -0.25) is 9.69 Å². The Bertz CT molecular complexity index is 846. The number of aromatic amines is 1. The lowest BCUT2D eigenvalue weighted by Gasteiger charge is -2.21. The molecule has 0 spiro atoms. The van der Waals surface area contributed by atoms with Crippen molar-refractivity contribution in [2.75, 3.05) is 11.9 Å². The van der Waals surface area contributed by atoms with Crippen LogP contribution in [-0.4, -0.2) is 32.3 Å². The second-order valence-corrected chi connectivity index (χ2v) is 7.37. The SMILES string of the molecule is O=C(Cc1nc(CN2CCC[C@@H]2c2ncc[nH]2)cs1)Nc1ccccc1. The second kappa shape index (κ2) is 7.80. The number of thiazole rings is 1. The van der Waals surface area contributed by atoms with Crippen molar-refractivity contribution in [1.82, 2.24) is 19.9 Å². The molecule has 1 aliphatic rings. The number of hydrogen-bond donors (Lipinski definition) is 2. The zero-order valence-corrected chi connectivity index (χ0v) is 15.2. The monoisotopic (exact) mass is 367 g/mol. The van der Waals surface area contributed by atoms with Crippen LogP contribution in [-0.2, 0) is 17.8 Å². The van der Waals surface area contributed by atoms with E-state index < -0.39 is 0 Å². The molecule has 0 aliphatic carbocycles. The van der Waals surface area contributed by atoms with Crippen LogP contribution in [0, 0.1) is 0 Å². The number of carbonyl (C=O) groups is 1. The van der Waals surface area contributed by atoms with Gasteiger partial charge in [0.05, 0.1) is 18.2 Å². The van der Waals surface area contributed by atoms with Gasteiger partial charge in [0, 0.05) is 30.0 Å². The molecule has 6 nitrogen and oxygen atoms in total. The number of aromatic nitrogens is 3. The number of likely N-dealkylation sites (tertiary alicyclic amines) is 1. The highest BCUT2D eigenvalue weighted by molar-refractivity contribution is 7.09. The molecule has 2 aromatic heterocycles. The first-order valence-electron chi connectivity index (χ1n) is 8.79. The van der Waals surface area contributed by atoms with Gasteiger partial charge in [0.25, 0.3) is 0 Å². The van der Waals surface area contributed by atoms with Gasteiger partial charge in [0.15, 0.2) is 0 Å². The molecule has 1 fully saturated rings. The fourth-order valence-corrected chi connectivity index (χ4v) is 4.14. The topological polar surface area (TPSA) is 73.9 Å². The summed E-state index contributed by atoms with van der Waals surface area (Å²) in [5.74, 6) is 0.993.